The highest BCUT2D eigenvalue weighted by Crippen LogP contribution is 2.29. The molecule has 18 heavy (non-hydrogen) atoms. The van der Waals surface area contributed by atoms with Crippen molar-refractivity contribution in [2.75, 3.05) is 0 Å². The van der Waals surface area contributed by atoms with Gasteiger partial charge in [0.15, 0.2) is 0 Å². The lowest BCUT2D eigenvalue weighted by Crippen LogP contribution is -2.01. The van der Waals surface area contributed by atoms with Crippen LogP contribution in [0.2, 0.25) is 0 Å². The summed E-state index contributed by atoms with van der Waals surface area (Å²) in [6, 6.07) is 8.52. The average Bonchev–Trinajstić information content (AvgIpc) is 2.64. The zero-order valence-electron chi connectivity index (χ0n) is 11.4. The standard InChI is InChI=1S/C16H20OS/c1-10-5-6-11(2)14(7-10)9-15(17)16-8-12(3)13(4)18-16/h5-8,15,17H,9H2,1-4H3. The van der Waals surface area contributed by atoms with Gasteiger partial charge in [0, 0.05) is 16.2 Å². The van der Waals surface area contributed by atoms with Gasteiger partial charge >= 0.3 is 0 Å². The van der Waals surface area contributed by atoms with E-state index in [2.05, 4.69) is 52.0 Å². The molecule has 0 fully saturated rings. The van der Waals surface area contributed by atoms with E-state index in [1.165, 1.54) is 27.1 Å². The second-order valence-electron chi connectivity index (χ2n) is 5.04. The molecule has 1 nitrogen and oxygen atoms in total. The third kappa shape index (κ3) is 2.82. The molecule has 96 valence electrons. The van der Waals surface area contributed by atoms with Crippen LogP contribution in [0.25, 0.3) is 0 Å². The quantitative estimate of drug-likeness (QED) is 0.874. The average molecular weight is 260 g/mol. The Morgan fingerprint density at radius 2 is 1.78 bits per heavy atom. The van der Waals surface area contributed by atoms with Crippen molar-refractivity contribution in [1.82, 2.24) is 0 Å². The van der Waals surface area contributed by atoms with E-state index in [1.54, 1.807) is 11.3 Å². The highest BCUT2D eigenvalue weighted by atomic mass is 32.1. The summed E-state index contributed by atoms with van der Waals surface area (Å²) in [4.78, 5) is 2.37. The summed E-state index contributed by atoms with van der Waals surface area (Å²) in [5.74, 6) is 0. The van der Waals surface area contributed by atoms with E-state index in [1.807, 2.05) is 0 Å². The van der Waals surface area contributed by atoms with Gasteiger partial charge in [-0.3, -0.25) is 0 Å². The van der Waals surface area contributed by atoms with E-state index in [0.29, 0.717) is 6.42 Å². The van der Waals surface area contributed by atoms with Crippen molar-refractivity contribution >= 4 is 11.3 Å². The van der Waals surface area contributed by atoms with Crippen molar-refractivity contribution in [3.05, 3.63) is 56.3 Å². The fourth-order valence-electron chi connectivity index (χ4n) is 2.10. The first-order valence-corrected chi connectivity index (χ1v) is 7.10. The Morgan fingerprint density at radius 3 is 2.39 bits per heavy atom. The van der Waals surface area contributed by atoms with Gasteiger partial charge in [-0.05, 0) is 50.5 Å². The highest BCUT2D eigenvalue weighted by Gasteiger charge is 2.13. The van der Waals surface area contributed by atoms with Crippen LogP contribution in [-0.4, -0.2) is 5.11 Å². The van der Waals surface area contributed by atoms with Crippen LogP contribution in [0, 0.1) is 27.7 Å². The van der Waals surface area contributed by atoms with Gasteiger partial charge in [-0.1, -0.05) is 23.8 Å². The van der Waals surface area contributed by atoms with E-state index < -0.39 is 0 Å². The number of hydrogen-bond donors (Lipinski definition) is 1. The molecule has 0 spiro atoms. The second-order valence-corrected chi connectivity index (χ2v) is 6.33. The summed E-state index contributed by atoms with van der Waals surface area (Å²) < 4.78 is 0. The molecule has 0 radical (unpaired) electrons. The van der Waals surface area contributed by atoms with Crippen molar-refractivity contribution in [2.45, 2.75) is 40.2 Å². The first-order chi connectivity index (χ1) is 8.47. The summed E-state index contributed by atoms with van der Waals surface area (Å²) >= 11 is 1.70. The maximum atomic E-state index is 10.3. The molecule has 2 heteroatoms. The Balaban J connectivity index is 2.20. The van der Waals surface area contributed by atoms with Gasteiger partial charge in [0.05, 0.1) is 6.10 Å². The molecule has 1 heterocycles. The van der Waals surface area contributed by atoms with Gasteiger partial charge in [-0.2, -0.15) is 0 Å². The number of aliphatic hydroxyl groups excluding tert-OH is 1. The summed E-state index contributed by atoms with van der Waals surface area (Å²) in [6.07, 6.45) is 0.315. The molecule has 1 aromatic carbocycles. The molecule has 2 rings (SSSR count). The van der Waals surface area contributed by atoms with Gasteiger partial charge in [0.1, 0.15) is 0 Å². The molecule has 0 amide bonds. The maximum absolute atomic E-state index is 10.3. The molecule has 1 atom stereocenters. The minimum Gasteiger partial charge on any atom is -0.387 e. The Kier molecular flexibility index (Phi) is 3.88. The van der Waals surface area contributed by atoms with Crippen LogP contribution in [0.5, 0.6) is 0 Å². The predicted octanol–water partition coefficient (Wildman–Crippen LogP) is 4.26. The lowest BCUT2D eigenvalue weighted by Gasteiger charge is -2.11. The molecule has 1 unspecified atom stereocenters. The van der Waals surface area contributed by atoms with Gasteiger partial charge in [0.25, 0.3) is 0 Å². The topological polar surface area (TPSA) is 20.2 Å². The predicted molar refractivity (Wildman–Crippen MR) is 78.4 cm³/mol. The van der Waals surface area contributed by atoms with Crippen LogP contribution in [-0.2, 0) is 6.42 Å². The summed E-state index contributed by atoms with van der Waals surface area (Å²) in [6.45, 7) is 8.40. The minimum atomic E-state index is -0.386. The van der Waals surface area contributed by atoms with Crippen LogP contribution in [0.4, 0.5) is 0 Å². The Bertz CT molecular complexity index is 535. The van der Waals surface area contributed by atoms with Crippen molar-refractivity contribution in [1.29, 1.82) is 0 Å². The lowest BCUT2D eigenvalue weighted by molar-refractivity contribution is 0.182. The van der Waals surface area contributed by atoms with Gasteiger partial charge in [-0.25, -0.2) is 0 Å². The molecular weight excluding hydrogens is 240 g/mol. The number of rotatable bonds is 3. The Labute approximate surface area is 113 Å². The maximum Gasteiger partial charge on any atom is 0.0922 e. The van der Waals surface area contributed by atoms with Crippen LogP contribution in [0.3, 0.4) is 0 Å². The highest BCUT2D eigenvalue weighted by molar-refractivity contribution is 7.12. The summed E-state index contributed by atoms with van der Waals surface area (Å²) in [7, 11) is 0. The fourth-order valence-corrected chi connectivity index (χ4v) is 3.12. The second kappa shape index (κ2) is 5.25. The first-order valence-electron chi connectivity index (χ1n) is 6.28. The molecule has 0 saturated carbocycles. The monoisotopic (exact) mass is 260 g/mol. The number of aliphatic hydroxyl groups is 1. The van der Waals surface area contributed by atoms with Gasteiger partial charge < -0.3 is 5.11 Å². The van der Waals surface area contributed by atoms with Crippen LogP contribution in [0.1, 0.15) is 38.1 Å². The van der Waals surface area contributed by atoms with E-state index in [4.69, 9.17) is 0 Å². The van der Waals surface area contributed by atoms with Crippen molar-refractivity contribution in [3.8, 4) is 0 Å². The van der Waals surface area contributed by atoms with Gasteiger partial charge in [0.2, 0.25) is 0 Å². The molecule has 0 aliphatic rings. The molecule has 2 aromatic rings. The Hall–Kier alpha value is -1.12. The van der Waals surface area contributed by atoms with Crippen LogP contribution in [0.15, 0.2) is 24.3 Å². The molecule has 0 aliphatic heterocycles. The number of hydrogen-bond acceptors (Lipinski definition) is 2. The van der Waals surface area contributed by atoms with E-state index in [0.717, 1.165) is 4.88 Å². The molecule has 1 aromatic heterocycles. The third-order valence-electron chi connectivity index (χ3n) is 3.43. The van der Waals surface area contributed by atoms with Crippen LogP contribution < -0.4 is 0 Å². The van der Waals surface area contributed by atoms with Crippen LogP contribution >= 0.6 is 11.3 Å². The molecule has 0 bridgehead atoms. The molecule has 1 N–H and O–H groups in total. The largest absolute Gasteiger partial charge is 0.387 e. The first kappa shape index (κ1) is 13.3. The summed E-state index contributed by atoms with van der Waals surface area (Å²) in [5.41, 5.74) is 5.02. The minimum absolute atomic E-state index is 0.386. The molecule has 0 saturated heterocycles. The van der Waals surface area contributed by atoms with Crippen molar-refractivity contribution in [3.63, 3.8) is 0 Å². The summed E-state index contributed by atoms with van der Waals surface area (Å²) in [5, 5.41) is 10.3. The normalized spacial score (nSPS) is 12.7. The van der Waals surface area contributed by atoms with Crippen molar-refractivity contribution < 1.29 is 5.11 Å². The molecule has 0 aliphatic carbocycles. The third-order valence-corrected chi connectivity index (χ3v) is 4.69. The van der Waals surface area contributed by atoms with Crippen molar-refractivity contribution in [2.24, 2.45) is 0 Å². The fraction of sp³-hybridized carbons (Fsp3) is 0.375. The SMILES string of the molecule is Cc1ccc(C)c(CC(O)c2cc(C)c(C)s2)c1. The van der Waals surface area contributed by atoms with E-state index in [-0.39, 0.29) is 6.10 Å². The lowest BCUT2D eigenvalue weighted by atomic mass is 9.99. The molecular formula is C16H20OS. The van der Waals surface area contributed by atoms with E-state index in [9.17, 15) is 5.11 Å². The number of thiophene rings is 1. The number of benzene rings is 1. The van der Waals surface area contributed by atoms with E-state index >= 15 is 0 Å². The zero-order valence-corrected chi connectivity index (χ0v) is 12.3. The number of aryl methyl sites for hydroxylation is 4. The van der Waals surface area contributed by atoms with Gasteiger partial charge in [-0.15, -0.1) is 11.3 Å². The zero-order chi connectivity index (χ0) is 13.3. The smallest absolute Gasteiger partial charge is 0.0922 e. The Morgan fingerprint density at radius 1 is 1.06 bits per heavy atom.